The molecule has 14 heavy (non-hydrogen) atoms. The molecule has 2 N–H and O–H groups in total. The smallest absolute Gasteiger partial charge is 0.429 e. The van der Waals surface area contributed by atoms with Crippen molar-refractivity contribution in [1.82, 2.24) is 4.90 Å². The van der Waals surface area contributed by atoms with Gasteiger partial charge in [0.05, 0.1) is 0 Å². The van der Waals surface area contributed by atoms with Crippen molar-refractivity contribution in [3.05, 3.63) is 0 Å². The summed E-state index contributed by atoms with van der Waals surface area (Å²) in [5.74, 6) is -2.30. The molecule has 0 aromatic carbocycles. The second kappa shape index (κ2) is 4.81. The highest BCUT2D eigenvalue weighted by Crippen LogP contribution is 2.30. The van der Waals surface area contributed by atoms with E-state index in [2.05, 4.69) is 0 Å². The molecule has 8 heteroatoms. The fourth-order valence-electron chi connectivity index (χ4n) is 0.736. The Hall–Kier alpha value is -0.530. The van der Waals surface area contributed by atoms with Crippen LogP contribution in [0.4, 0.5) is 13.2 Å². The van der Waals surface area contributed by atoms with Crippen molar-refractivity contribution < 1.29 is 28.2 Å². The molecule has 4 nitrogen and oxygen atoms in total. The van der Waals surface area contributed by atoms with Crippen LogP contribution in [0.1, 0.15) is 0 Å². The Bertz CT molecular complexity index is 209. The number of likely N-dealkylation sites (N-methyl/N-ethyl adjacent to an activating group) is 1. The molecule has 86 valence electrons. The van der Waals surface area contributed by atoms with Crippen molar-refractivity contribution in [2.75, 3.05) is 20.6 Å². The number of nitrogens with zero attached hydrogens (tertiary/aromatic N) is 1. The van der Waals surface area contributed by atoms with Crippen molar-refractivity contribution >= 4 is 18.4 Å². The van der Waals surface area contributed by atoms with Gasteiger partial charge in [-0.05, 0) is 14.1 Å². The van der Waals surface area contributed by atoms with Gasteiger partial charge in [0.25, 0.3) is 5.60 Å². The van der Waals surface area contributed by atoms with Gasteiger partial charge in [-0.25, -0.2) is 4.79 Å². The fourth-order valence-corrected chi connectivity index (χ4v) is 0.736. The average molecular weight is 238 g/mol. The number of carboxylic acid groups (broad SMARTS) is 1. The van der Waals surface area contributed by atoms with E-state index in [1.54, 1.807) is 0 Å². The van der Waals surface area contributed by atoms with Gasteiger partial charge in [0.2, 0.25) is 0 Å². The molecule has 1 atom stereocenters. The molecule has 0 heterocycles. The van der Waals surface area contributed by atoms with Crippen LogP contribution in [0.5, 0.6) is 0 Å². The maximum Gasteiger partial charge on any atom is 0.429 e. The Labute approximate surface area is 84.7 Å². The molecule has 0 aliphatic rings. The molecular formula is C6H11ClF3NO3. The standard InChI is InChI=1S/C6H10F3NO3.ClH/c1-10(2)3-5(13,4(11)12)6(7,8)9;/h13H,3H2,1-2H3,(H,11,12);1H. The zero-order valence-electron chi connectivity index (χ0n) is 7.50. The van der Waals surface area contributed by atoms with Crippen LogP contribution in [0.3, 0.4) is 0 Å². The molecule has 1 unspecified atom stereocenters. The lowest BCUT2D eigenvalue weighted by Gasteiger charge is -2.28. The first-order chi connectivity index (χ1) is 5.61. The Morgan fingerprint density at radius 2 is 1.71 bits per heavy atom. The number of hydrogen-bond acceptors (Lipinski definition) is 3. The SMILES string of the molecule is CN(C)CC(O)(C(=O)O)C(F)(F)F.Cl. The molecule has 0 fully saturated rings. The van der Waals surface area contributed by atoms with Gasteiger partial charge in [0.1, 0.15) is 0 Å². The van der Waals surface area contributed by atoms with Gasteiger partial charge in [-0.2, -0.15) is 13.2 Å². The van der Waals surface area contributed by atoms with Crippen LogP contribution < -0.4 is 0 Å². The number of alkyl halides is 3. The van der Waals surface area contributed by atoms with Gasteiger partial charge in [-0.15, -0.1) is 12.4 Å². The zero-order valence-corrected chi connectivity index (χ0v) is 8.32. The van der Waals surface area contributed by atoms with Gasteiger partial charge < -0.3 is 15.1 Å². The maximum absolute atomic E-state index is 12.1. The third-order valence-corrected chi connectivity index (χ3v) is 1.37. The normalized spacial score (nSPS) is 15.9. The highest BCUT2D eigenvalue weighted by Gasteiger charge is 2.60. The van der Waals surface area contributed by atoms with E-state index in [-0.39, 0.29) is 12.4 Å². The molecular weight excluding hydrogens is 227 g/mol. The number of aliphatic carboxylic acids is 1. The number of hydrogen-bond donors (Lipinski definition) is 2. The largest absolute Gasteiger partial charge is 0.479 e. The first-order valence-corrected chi connectivity index (χ1v) is 3.28. The summed E-state index contributed by atoms with van der Waals surface area (Å²) in [6.07, 6.45) is -5.18. The summed E-state index contributed by atoms with van der Waals surface area (Å²) in [7, 11) is 2.47. The topological polar surface area (TPSA) is 60.8 Å². The molecule has 0 bridgehead atoms. The molecule has 0 saturated heterocycles. The van der Waals surface area contributed by atoms with E-state index >= 15 is 0 Å². The highest BCUT2D eigenvalue weighted by atomic mass is 35.5. The third-order valence-electron chi connectivity index (χ3n) is 1.37. The molecule has 0 aromatic rings. The molecule has 0 aliphatic carbocycles. The minimum atomic E-state index is -5.18. The second-order valence-electron chi connectivity index (χ2n) is 2.90. The number of rotatable bonds is 3. The Balaban J connectivity index is 0. The van der Waals surface area contributed by atoms with E-state index in [1.807, 2.05) is 0 Å². The number of halogens is 4. The van der Waals surface area contributed by atoms with Crippen LogP contribution in [0.15, 0.2) is 0 Å². The van der Waals surface area contributed by atoms with Crippen LogP contribution in [0.2, 0.25) is 0 Å². The molecule has 0 aliphatic heterocycles. The lowest BCUT2D eigenvalue weighted by Crippen LogP contribution is -2.58. The Morgan fingerprint density at radius 1 is 1.36 bits per heavy atom. The first kappa shape index (κ1) is 15.9. The Morgan fingerprint density at radius 3 is 1.79 bits per heavy atom. The van der Waals surface area contributed by atoms with Gasteiger partial charge in [0.15, 0.2) is 0 Å². The maximum atomic E-state index is 12.1. The molecule has 0 saturated carbocycles. The van der Waals surface area contributed by atoms with Gasteiger partial charge in [0, 0.05) is 6.54 Å². The predicted molar refractivity (Wildman–Crippen MR) is 44.4 cm³/mol. The molecule has 0 spiro atoms. The number of carbonyl (C=O) groups is 1. The number of aliphatic hydroxyl groups is 1. The quantitative estimate of drug-likeness (QED) is 0.744. The molecule has 0 amide bonds. The lowest BCUT2D eigenvalue weighted by atomic mass is 10.0. The minimum Gasteiger partial charge on any atom is -0.479 e. The fraction of sp³-hybridized carbons (Fsp3) is 0.833. The van der Waals surface area contributed by atoms with Gasteiger partial charge in [-0.1, -0.05) is 0 Å². The highest BCUT2D eigenvalue weighted by molar-refractivity contribution is 5.85. The molecule has 0 rings (SSSR count). The van der Waals surface area contributed by atoms with E-state index in [0.717, 1.165) is 4.90 Å². The van der Waals surface area contributed by atoms with Gasteiger partial charge in [-0.3, -0.25) is 0 Å². The summed E-state index contributed by atoms with van der Waals surface area (Å²) >= 11 is 0. The average Bonchev–Trinajstić information content (AvgIpc) is 1.82. The van der Waals surface area contributed by atoms with Crippen LogP contribution in [-0.4, -0.2) is 53.5 Å². The van der Waals surface area contributed by atoms with Crippen molar-refractivity contribution in [2.45, 2.75) is 11.8 Å². The monoisotopic (exact) mass is 237 g/mol. The summed E-state index contributed by atoms with van der Waals surface area (Å²) < 4.78 is 36.2. The van der Waals surface area contributed by atoms with E-state index < -0.39 is 24.3 Å². The minimum absolute atomic E-state index is 0. The number of carboxylic acids is 1. The van der Waals surface area contributed by atoms with E-state index in [0.29, 0.717) is 0 Å². The molecule has 0 aromatic heterocycles. The third kappa shape index (κ3) is 3.32. The first-order valence-electron chi connectivity index (χ1n) is 3.28. The summed E-state index contributed by atoms with van der Waals surface area (Å²) in [6, 6.07) is 0. The Kier molecular flexibility index (Phi) is 5.47. The van der Waals surface area contributed by atoms with Crippen LogP contribution >= 0.6 is 12.4 Å². The van der Waals surface area contributed by atoms with Crippen molar-refractivity contribution in [3.63, 3.8) is 0 Å². The summed E-state index contributed by atoms with van der Waals surface area (Å²) in [5.41, 5.74) is -3.70. The zero-order chi connectivity index (χ0) is 10.9. The van der Waals surface area contributed by atoms with Crippen LogP contribution in [0.25, 0.3) is 0 Å². The van der Waals surface area contributed by atoms with Crippen molar-refractivity contribution in [3.8, 4) is 0 Å². The van der Waals surface area contributed by atoms with Gasteiger partial charge >= 0.3 is 12.1 Å². The van der Waals surface area contributed by atoms with E-state index in [1.165, 1.54) is 14.1 Å². The summed E-state index contributed by atoms with van der Waals surface area (Å²) in [4.78, 5) is 11.2. The van der Waals surface area contributed by atoms with E-state index in [4.69, 9.17) is 10.2 Å². The second-order valence-corrected chi connectivity index (χ2v) is 2.90. The summed E-state index contributed by atoms with van der Waals surface area (Å²) in [5, 5.41) is 17.0. The van der Waals surface area contributed by atoms with Crippen molar-refractivity contribution in [1.29, 1.82) is 0 Å². The molecule has 0 radical (unpaired) electrons. The summed E-state index contributed by atoms with van der Waals surface area (Å²) in [6.45, 7) is -1.01. The van der Waals surface area contributed by atoms with Crippen LogP contribution in [0, 0.1) is 0 Å². The predicted octanol–water partition coefficient (Wildman–Crippen LogP) is 0.348. The van der Waals surface area contributed by atoms with Crippen LogP contribution in [-0.2, 0) is 4.79 Å². The van der Waals surface area contributed by atoms with Crippen molar-refractivity contribution in [2.24, 2.45) is 0 Å². The van der Waals surface area contributed by atoms with E-state index in [9.17, 15) is 18.0 Å². The lowest BCUT2D eigenvalue weighted by molar-refractivity contribution is -0.262.